The molecule has 2 aromatic carbocycles. The monoisotopic (exact) mass is 344 g/mol. The summed E-state index contributed by atoms with van der Waals surface area (Å²) in [6.45, 7) is 0.536. The summed E-state index contributed by atoms with van der Waals surface area (Å²) < 4.78 is 0. The number of aromatic nitrogens is 1. The fraction of sp³-hybridized carbons (Fsp3) is 0.100. The smallest absolute Gasteiger partial charge is 0.289 e. The van der Waals surface area contributed by atoms with Gasteiger partial charge in [-0.25, -0.2) is 4.98 Å². The second-order valence-corrected chi connectivity index (χ2v) is 5.85. The van der Waals surface area contributed by atoms with Crippen LogP contribution >= 0.6 is 0 Å². The van der Waals surface area contributed by atoms with E-state index in [0.717, 1.165) is 16.7 Å². The third-order valence-corrected chi connectivity index (χ3v) is 4.03. The first-order chi connectivity index (χ1) is 12.6. The van der Waals surface area contributed by atoms with Crippen molar-refractivity contribution in [3.8, 4) is 17.2 Å². The number of hydrogen-bond donors (Lipinski definition) is 0. The number of hydrogen-bond acceptors (Lipinski definition) is 5. The van der Waals surface area contributed by atoms with Crippen molar-refractivity contribution in [2.45, 2.75) is 6.54 Å². The number of nitrogens with zero attached hydrogens (tertiary/aromatic N) is 4. The van der Waals surface area contributed by atoms with Gasteiger partial charge in [0, 0.05) is 19.7 Å². The molecule has 0 aliphatic carbocycles. The molecular weight excluding hydrogens is 328 g/mol. The summed E-state index contributed by atoms with van der Waals surface area (Å²) in [7, 11) is 1.81. The van der Waals surface area contributed by atoms with Crippen LogP contribution in [0.25, 0.3) is 11.1 Å². The molecule has 0 saturated heterocycles. The molecule has 0 aliphatic rings. The van der Waals surface area contributed by atoms with Gasteiger partial charge in [0.2, 0.25) is 0 Å². The van der Waals surface area contributed by atoms with Crippen LogP contribution < -0.4 is 4.90 Å². The van der Waals surface area contributed by atoms with E-state index in [4.69, 9.17) is 0 Å². The van der Waals surface area contributed by atoms with E-state index in [1.54, 1.807) is 11.9 Å². The van der Waals surface area contributed by atoms with Gasteiger partial charge in [-0.05, 0) is 16.7 Å². The molecule has 26 heavy (non-hydrogen) atoms. The summed E-state index contributed by atoms with van der Waals surface area (Å²) in [4.78, 5) is 16.2. The zero-order valence-corrected chi connectivity index (χ0v) is 14.2. The SMILES string of the molecule is CN(Cc1ccc(-c2ccccc2)cc1)c1ncc([N+](=O)[O-])cc1C#N. The molecule has 3 aromatic rings. The van der Waals surface area contributed by atoms with E-state index >= 15 is 0 Å². The lowest BCUT2D eigenvalue weighted by Crippen LogP contribution is -2.19. The standard InChI is InChI=1S/C20H16N4O2/c1-23(20-18(12-21)11-19(13-22-20)24(25)26)14-15-7-9-17(10-8-15)16-5-3-2-4-6-16/h2-11,13H,14H2,1H3. The zero-order chi connectivity index (χ0) is 18.5. The Morgan fingerprint density at radius 2 is 1.77 bits per heavy atom. The number of nitro groups is 1. The minimum absolute atomic E-state index is 0.183. The van der Waals surface area contributed by atoms with E-state index < -0.39 is 4.92 Å². The van der Waals surface area contributed by atoms with Gasteiger partial charge in [-0.15, -0.1) is 0 Å². The van der Waals surface area contributed by atoms with E-state index in [1.165, 1.54) is 12.3 Å². The summed E-state index contributed by atoms with van der Waals surface area (Å²) in [6.07, 6.45) is 1.17. The van der Waals surface area contributed by atoms with Crippen LogP contribution in [0.1, 0.15) is 11.1 Å². The molecule has 3 rings (SSSR count). The van der Waals surface area contributed by atoms with Crippen molar-refractivity contribution in [3.05, 3.63) is 88.1 Å². The number of pyridine rings is 1. The molecule has 0 N–H and O–H groups in total. The minimum atomic E-state index is -0.556. The first-order valence-corrected chi connectivity index (χ1v) is 7.98. The van der Waals surface area contributed by atoms with Gasteiger partial charge < -0.3 is 4.90 Å². The Morgan fingerprint density at radius 3 is 2.38 bits per heavy atom. The van der Waals surface area contributed by atoms with Crippen LogP contribution in [0.15, 0.2) is 66.9 Å². The fourth-order valence-electron chi connectivity index (χ4n) is 2.71. The second kappa shape index (κ2) is 7.45. The Hall–Kier alpha value is -3.72. The van der Waals surface area contributed by atoms with Gasteiger partial charge in [0.1, 0.15) is 23.6 Å². The molecule has 0 fully saturated rings. The van der Waals surface area contributed by atoms with Crippen LogP contribution in [-0.4, -0.2) is 17.0 Å². The Kier molecular flexibility index (Phi) is 4.90. The van der Waals surface area contributed by atoms with Crippen LogP contribution in [0.3, 0.4) is 0 Å². The van der Waals surface area contributed by atoms with Crippen molar-refractivity contribution < 1.29 is 4.92 Å². The van der Waals surface area contributed by atoms with Crippen molar-refractivity contribution >= 4 is 11.5 Å². The van der Waals surface area contributed by atoms with Gasteiger partial charge in [0.15, 0.2) is 0 Å². The molecule has 6 nitrogen and oxygen atoms in total. The number of benzene rings is 2. The van der Waals surface area contributed by atoms with Crippen molar-refractivity contribution in [2.75, 3.05) is 11.9 Å². The zero-order valence-electron chi connectivity index (χ0n) is 14.2. The van der Waals surface area contributed by atoms with Crippen LogP contribution in [0, 0.1) is 21.4 Å². The Bertz CT molecular complexity index is 963. The molecule has 0 amide bonds. The van der Waals surface area contributed by atoms with Gasteiger partial charge in [0.25, 0.3) is 5.69 Å². The highest BCUT2D eigenvalue weighted by atomic mass is 16.6. The lowest BCUT2D eigenvalue weighted by molar-refractivity contribution is -0.385. The van der Waals surface area contributed by atoms with E-state index in [-0.39, 0.29) is 11.3 Å². The second-order valence-electron chi connectivity index (χ2n) is 5.85. The molecule has 0 radical (unpaired) electrons. The van der Waals surface area contributed by atoms with E-state index in [0.29, 0.717) is 12.4 Å². The summed E-state index contributed by atoms with van der Waals surface area (Å²) in [5.41, 5.74) is 3.32. The molecule has 128 valence electrons. The van der Waals surface area contributed by atoms with E-state index in [9.17, 15) is 15.4 Å². The van der Waals surface area contributed by atoms with Gasteiger partial charge in [-0.2, -0.15) is 5.26 Å². The van der Waals surface area contributed by atoms with Crippen LogP contribution in [-0.2, 0) is 6.54 Å². The first-order valence-electron chi connectivity index (χ1n) is 7.98. The third-order valence-electron chi connectivity index (χ3n) is 4.03. The first kappa shape index (κ1) is 17.1. The predicted octanol–water partition coefficient (Wildman–Crippen LogP) is 4.16. The van der Waals surface area contributed by atoms with Crippen molar-refractivity contribution in [3.63, 3.8) is 0 Å². The van der Waals surface area contributed by atoms with Crippen LogP contribution in [0.4, 0.5) is 11.5 Å². The Labute approximate surface area is 151 Å². The molecule has 1 aromatic heterocycles. The van der Waals surface area contributed by atoms with Crippen molar-refractivity contribution in [1.29, 1.82) is 5.26 Å². The third kappa shape index (κ3) is 3.68. The lowest BCUT2D eigenvalue weighted by Gasteiger charge is -2.19. The fourth-order valence-corrected chi connectivity index (χ4v) is 2.71. The molecule has 0 atom stereocenters. The summed E-state index contributed by atoms with van der Waals surface area (Å²) in [5, 5.41) is 20.1. The molecule has 6 heteroatoms. The van der Waals surface area contributed by atoms with Crippen molar-refractivity contribution in [2.24, 2.45) is 0 Å². The normalized spacial score (nSPS) is 10.2. The van der Waals surface area contributed by atoms with Crippen LogP contribution in [0.2, 0.25) is 0 Å². The lowest BCUT2D eigenvalue weighted by atomic mass is 10.0. The highest BCUT2D eigenvalue weighted by Gasteiger charge is 2.15. The minimum Gasteiger partial charge on any atom is -0.354 e. The largest absolute Gasteiger partial charge is 0.354 e. The molecular formula is C20H16N4O2. The molecule has 1 heterocycles. The summed E-state index contributed by atoms with van der Waals surface area (Å²) in [6, 6.07) is 21.5. The number of nitriles is 1. The Balaban J connectivity index is 1.79. The maximum absolute atomic E-state index is 10.8. The Morgan fingerprint density at radius 1 is 1.12 bits per heavy atom. The molecule has 0 unspecified atom stereocenters. The van der Waals surface area contributed by atoms with Gasteiger partial charge in [0.05, 0.1) is 4.92 Å². The average Bonchev–Trinajstić information content (AvgIpc) is 2.68. The predicted molar refractivity (Wildman–Crippen MR) is 99.6 cm³/mol. The number of rotatable bonds is 5. The molecule has 0 saturated carbocycles. The maximum Gasteiger partial charge on any atom is 0.289 e. The summed E-state index contributed by atoms with van der Waals surface area (Å²) >= 11 is 0. The topological polar surface area (TPSA) is 83.1 Å². The number of anilines is 1. The van der Waals surface area contributed by atoms with E-state index in [2.05, 4.69) is 17.1 Å². The van der Waals surface area contributed by atoms with Gasteiger partial charge in [-0.1, -0.05) is 54.6 Å². The molecule has 0 aliphatic heterocycles. The average molecular weight is 344 g/mol. The highest BCUT2D eigenvalue weighted by Crippen LogP contribution is 2.23. The molecule has 0 bridgehead atoms. The van der Waals surface area contributed by atoms with Crippen LogP contribution in [0.5, 0.6) is 0 Å². The van der Waals surface area contributed by atoms with Gasteiger partial charge in [-0.3, -0.25) is 10.1 Å². The van der Waals surface area contributed by atoms with Crippen molar-refractivity contribution in [1.82, 2.24) is 4.98 Å². The maximum atomic E-state index is 10.8. The van der Waals surface area contributed by atoms with E-state index in [1.807, 2.05) is 48.5 Å². The molecule has 0 spiro atoms. The van der Waals surface area contributed by atoms with Gasteiger partial charge >= 0.3 is 0 Å². The summed E-state index contributed by atoms with van der Waals surface area (Å²) in [5.74, 6) is 0.422. The highest BCUT2D eigenvalue weighted by molar-refractivity contribution is 5.63. The quantitative estimate of drug-likeness (QED) is 0.512.